The molecule has 2 aromatic heterocycles. The lowest BCUT2D eigenvalue weighted by atomic mass is 10.0. The van der Waals surface area contributed by atoms with Gasteiger partial charge in [-0.2, -0.15) is 4.98 Å². The number of carbonyl (C=O) groups excluding carboxylic acids is 1. The third kappa shape index (κ3) is 5.01. The fourth-order valence-electron chi connectivity index (χ4n) is 2.87. The van der Waals surface area contributed by atoms with Crippen molar-refractivity contribution in [1.82, 2.24) is 20.4 Å². The Balaban J connectivity index is 1.68. The van der Waals surface area contributed by atoms with E-state index in [9.17, 15) is 4.79 Å². The van der Waals surface area contributed by atoms with Gasteiger partial charge in [0.2, 0.25) is 17.6 Å². The van der Waals surface area contributed by atoms with Crippen LogP contribution in [0.25, 0.3) is 11.4 Å². The average molecular weight is 385 g/mol. The summed E-state index contributed by atoms with van der Waals surface area (Å²) >= 11 is 1.57. The fraction of sp³-hybridized carbons (Fsp3) is 0.400. The molecule has 1 amide bonds. The summed E-state index contributed by atoms with van der Waals surface area (Å²) < 4.78 is 5.28. The molecular formula is C20H24N4O2S. The van der Waals surface area contributed by atoms with Gasteiger partial charge in [-0.15, -0.1) is 11.3 Å². The van der Waals surface area contributed by atoms with Crippen molar-refractivity contribution >= 4 is 17.2 Å². The Labute approximate surface area is 163 Å². The fourth-order valence-corrected chi connectivity index (χ4v) is 3.73. The highest BCUT2D eigenvalue weighted by Crippen LogP contribution is 2.25. The molecule has 0 fully saturated rings. The van der Waals surface area contributed by atoms with Crippen molar-refractivity contribution in [3.8, 4) is 11.4 Å². The van der Waals surface area contributed by atoms with Gasteiger partial charge < -0.3 is 9.84 Å². The van der Waals surface area contributed by atoms with E-state index < -0.39 is 0 Å². The molecule has 0 aliphatic carbocycles. The molecule has 0 saturated heterocycles. The lowest BCUT2D eigenvalue weighted by Gasteiger charge is -2.18. The van der Waals surface area contributed by atoms with Crippen molar-refractivity contribution in [2.24, 2.45) is 5.92 Å². The molecule has 0 bridgehead atoms. The summed E-state index contributed by atoms with van der Waals surface area (Å²) in [5, 5.41) is 10.0. The van der Waals surface area contributed by atoms with Crippen LogP contribution in [0.1, 0.15) is 48.5 Å². The van der Waals surface area contributed by atoms with Crippen molar-refractivity contribution in [1.29, 1.82) is 0 Å². The third-order valence-corrected chi connectivity index (χ3v) is 5.22. The smallest absolute Gasteiger partial charge is 0.236 e. The van der Waals surface area contributed by atoms with E-state index >= 15 is 0 Å². The first kappa shape index (κ1) is 19.2. The minimum Gasteiger partial charge on any atom is -0.346 e. The van der Waals surface area contributed by atoms with Crippen LogP contribution in [0.15, 0.2) is 34.2 Å². The van der Waals surface area contributed by atoms with Crippen molar-refractivity contribution in [3.63, 3.8) is 0 Å². The molecule has 6 nitrogen and oxygen atoms in total. The predicted molar refractivity (Wildman–Crippen MR) is 105 cm³/mol. The molecule has 3 aromatic rings. The largest absolute Gasteiger partial charge is 0.346 e. The lowest BCUT2D eigenvalue weighted by Crippen LogP contribution is -2.30. The van der Waals surface area contributed by atoms with Gasteiger partial charge in [0.1, 0.15) is 11.4 Å². The standard InChI is InChI=1S/C20H24N4O2S/c1-12(2)9-16(20-21-14(4)11-27-20)22-17(25)10-18-23-19(24-26-18)15-8-6-5-7-13(15)3/h5-8,11-12,16H,9-10H2,1-4H3,(H,22,25). The number of carbonyl (C=O) groups is 1. The topological polar surface area (TPSA) is 80.9 Å². The number of thiazole rings is 1. The molecule has 142 valence electrons. The van der Waals surface area contributed by atoms with Gasteiger partial charge in [-0.25, -0.2) is 4.98 Å². The molecule has 3 rings (SSSR count). The summed E-state index contributed by atoms with van der Waals surface area (Å²) in [6.45, 7) is 8.21. The molecule has 7 heteroatoms. The Bertz CT molecular complexity index is 916. The molecule has 0 aliphatic heterocycles. The van der Waals surface area contributed by atoms with Gasteiger partial charge in [-0.3, -0.25) is 4.79 Å². The minimum atomic E-state index is -0.145. The number of rotatable bonds is 7. The molecule has 0 saturated carbocycles. The van der Waals surface area contributed by atoms with Gasteiger partial charge in [0.15, 0.2) is 0 Å². The van der Waals surface area contributed by atoms with Crippen LogP contribution in [0.3, 0.4) is 0 Å². The zero-order valence-electron chi connectivity index (χ0n) is 16.0. The Hall–Kier alpha value is -2.54. The second kappa shape index (κ2) is 8.43. The van der Waals surface area contributed by atoms with E-state index in [1.165, 1.54) is 0 Å². The van der Waals surface area contributed by atoms with Crippen molar-refractivity contribution in [3.05, 3.63) is 51.8 Å². The van der Waals surface area contributed by atoms with Crippen molar-refractivity contribution < 1.29 is 9.32 Å². The zero-order chi connectivity index (χ0) is 19.4. The summed E-state index contributed by atoms with van der Waals surface area (Å²) in [6.07, 6.45) is 0.884. The second-order valence-electron chi connectivity index (χ2n) is 7.08. The highest BCUT2D eigenvalue weighted by atomic mass is 32.1. The summed E-state index contributed by atoms with van der Waals surface area (Å²) in [5.74, 6) is 1.11. The first-order chi connectivity index (χ1) is 12.9. The summed E-state index contributed by atoms with van der Waals surface area (Å²) in [4.78, 5) is 21.4. The maximum atomic E-state index is 12.5. The number of aryl methyl sites for hydroxylation is 2. The average Bonchev–Trinajstić information content (AvgIpc) is 3.23. The number of amides is 1. The van der Waals surface area contributed by atoms with Crippen LogP contribution in [0, 0.1) is 19.8 Å². The van der Waals surface area contributed by atoms with E-state index in [4.69, 9.17) is 4.52 Å². The van der Waals surface area contributed by atoms with Crippen molar-refractivity contribution in [2.45, 2.75) is 46.6 Å². The molecule has 1 N–H and O–H groups in total. The predicted octanol–water partition coefficient (Wildman–Crippen LogP) is 4.26. The Kier molecular flexibility index (Phi) is 6.01. The maximum Gasteiger partial charge on any atom is 0.236 e. The lowest BCUT2D eigenvalue weighted by molar-refractivity contribution is -0.121. The first-order valence-electron chi connectivity index (χ1n) is 9.02. The SMILES string of the molecule is Cc1csc(C(CC(C)C)NC(=O)Cc2nc(-c3ccccc3C)no2)n1. The van der Waals surface area contributed by atoms with Gasteiger partial charge in [0.25, 0.3) is 0 Å². The highest BCUT2D eigenvalue weighted by molar-refractivity contribution is 7.09. The van der Waals surface area contributed by atoms with Crippen LogP contribution in [-0.2, 0) is 11.2 Å². The van der Waals surface area contributed by atoms with Crippen LogP contribution < -0.4 is 5.32 Å². The van der Waals surface area contributed by atoms with Crippen LogP contribution in [0.2, 0.25) is 0 Å². The Morgan fingerprint density at radius 1 is 1.22 bits per heavy atom. The third-order valence-electron chi connectivity index (χ3n) is 4.14. The molecule has 0 radical (unpaired) electrons. The molecule has 1 atom stereocenters. The molecule has 1 unspecified atom stereocenters. The van der Waals surface area contributed by atoms with Gasteiger partial charge in [-0.05, 0) is 31.7 Å². The monoisotopic (exact) mass is 384 g/mol. The van der Waals surface area contributed by atoms with Crippen molar-refractivity contribution in [2.75, 3.05) is 0 Å². The number of nitrogens with one attached hydrogen (secondary N) is 1. The van der Waals surface area contributed by atoms with Crippen LogP contribution in [0.4, 0.5) is 0 Å². The van der Waals surface area contributed by atoms with E-state index in [0.717, 1.165) is 28.2 Å². The van der Waals surface area contributed by atoms with Gasteiger partial charge >= 0.3 is 0 Å². The molecule has 1 aromatic carbocycles. The zero-order valence-corrected chi connectivity index (χ0v) is 16.8. The van der Waals surface area contributed by atoms with Crippen LogP contribution in [-0.4, -0.2) is 21.0 Å². The normalized spacial score (nSPS) is 12.3. The van der Waals surface area contributed by atoms with E-state index in [1.54, 1.807) is 11.3 Å². The molecule has 2 heterocycles. The minimum absolute atomic E-state index is 0.0534. The Morgan fingerprint density at radius 3 is 2.67 bits per heavy atom. The highest BCUT2D eigenvalue weighted by Gasteiger charge is 2.21. The molecule has 27 heavy (non-hydrogen) atoms. The van der Waals surface area contributed by atoms with Gasteiger partial charge in [0, 0.05) is 16.6 Å². The molecular weight excluding hydrogens is 360 g/mol. The second-order valence-corrected chi connectivity index (χ2v) is 7.97. The quantitative estimate of drug-likeness (QED) is 0.658. The van der Waals surface area contributed by atoms with Gasteiger partial charge in [0.05, 0.1) is 6.04 Å². The number of nitrogens with zero attached hydrogens (tertiary/aromatic N) is 3. The van der Waals surface area contributed by atoms with Crippen LogP contribution >= 0.6 is 11.3 Å². The van der Waals surface area contributed by atoms with E-state index in [-0.39, 0.29) is 18.4 Å². The van der Waals surface area contributed by atoms with Crippen LogP contribution in [0.5, 0.6) is 0 Å². The summed E-state index contributed by atoms with van der Waals surface area (Å²) in [6, 6.07) is 7.72. The maximum absolute atomic E-state index is 12.5. The number of benzene rings is 1. The summed E-state index contributed by atoms with van der Waals surface area (Å²) in [7, 11) is 0. The first-order valence-corrected chi connectivity index (χ1v) is 9.90. The summed E-state index contributed by atoms with van der Waals surface area (Å²) in [5.41, 5.74) is 2.94. The van der Waals surface area contributed by atoms with E-state index in [0.29, 0.717) is 17.6 Å². The Morgan fingerprint density at radius 2 is 2.00 bits per heavy atom. The number of hydrogen-bond donors (Lipinski definition) is 1. The van der Waals surface area contributed by atoms with E-state index in [1.807, 2.05) is 43.5 Å². The van der Waals surface area contributed by atoms with Gasteiger partial charge in [-0.1, -0.05) is 43.3 Å². The van der Waals surface area contributed by atoms with E-state index in [2.05, 4.69) is 34.3 Å². The molecule has 0 spiro atoms. The molecule has 0 aliphatic rings. The number of aromatic nitrogens is 3. The number of hydrogen-bond acceptors (Lipinski definition) is 6.